The third-order valence-electron chi connectivity index (χ3n) is 15.5. The molecule has 1 saturated heterocycles. The summed E-state index contributed by atoms with van der Waals surface area (Å²) in [6, 6.07) is -1.56. The standard InChI is InChI=1S/C56H110NO18P/c1-3-5-7-9-11-13-15-17-18-19-20-21-22-23-24-25-26-28-30-32-34-36-38-43(60)55(69)57-41(45(61)42(59)37-35-33-31-29-27-16-14-12-10-8-6-4-2)40-72-76(70,71)75-54-50(66)48(64)53(49(65)51(54)67)74-56-52(68)47(63)46(62)44(39-58)73-56/h41-54,56,58-68H,3-40H2,1-2H3,(H,57,69)(H,70,71). The van der Waals surface area contributed by atoms with Crippen LogP contribution in [-0.2, 0) is 27.9 Å². The first kappa shape index (κ1) is 71.2. The van der Waals surface area contributed by atoms with E-state index in [2.05, 4.69) is 19.2 Å². The molecule has 14 unspecified atom stereocenters. The van der Waals surface area contributed by atoms with Gasteiger partial charge >= 0.3 is 7.82 Å². The van der Waals surface area contributed by atoms with Crippen LogP contribution in [0.2, 0.25) is 0 Å². The molecule has 0 aromatic rings. The highest BCUT2D eigenvalue weighted by Crippen LogP contribution is 2.47. The van der Waals surface area contributed by atoms with Crippen molar-refractivity contribution in [3.8, 4) is 0 Å². The third-order valence-corrected chi connectivity index (χ3v) is 16.5. The number of aliphatic hydroxyl groups excluding tert-OH is 11. The molecule has 0 aromatic heterocycles. The normalized spacial score (nSPS) is 27.5. The largest absolute Gasteiger partial charge is 0.472 e. The van der Waals surface area contributed by atoms with E-state index in [4.69, 9.17) is 18.5 Å². The summed E-state index contributed by atoms with van der Waals surface area (Å²) in [5.74, 6) is -0.905. The molecule has 452 valence electrons. The molecule has 14 atom stereocenters. The lowest BCUT2D eigenvalue weighted by Crippen LogP contribution is -2.67. The van der Waals surface area contributed by atoms with Gasteiger partial charge in [0, 0.05) is 0 Å². The molecule has 13 N–H and O–H groups in total. The van der Waals surface area contributed by atoms with Crippen LogP contribution in [-0.4, -0.2) is 172 Å². The summed E-state index contributed by atoms with van der Waals surface area (Å²) in [6.07, 6.45) is 13.7. The second-order valence-electron chi connectivity index (χ2n) is 22.2. The topological polar surface area (TPSA) is 326 Å². The minimum atomic E-state index is -5.42. The lowest BCUT2D eigenvalue weighted by molar-refractivity contribution is -0.338. The van der Waals surface area contributed by atoms with E-state index in [0.29, 0.717) is 12.8 Å². The van der Waals surface area contributed by atoms with Crippen LogP contribution < -0.4 is 5.32 Å². The van der Waals surface area contributed by atoms with E-state index in [-0.39, 0.29) is 12.8 Å². The summed E-state index contributed by atoms with van der Waals surface area (Å²) in [6.45, 7) is 2.67. The van der Waals surface area contributed by atoms with Crippen molar-refractivity contribution in [2.75, 3.05) is 13.2 Å². The van der Waals surface area contributed by atoms with Crippen LogP contribution in [0.3, 0.4) is 0 Å². The van der Waals surface area contributed by atoms with E-state index >= 15 is 0 Å². The van der Waals surface area contributed by atoms with Crippen molar-refractivity contribution in [1.29, 1.82) is 0 Å². The molecule has 19 nitrogen and oxygen atoms in total. The van der Waals surface area contributed by atoms with Gasteiger partial charge in [-0.05, 0) is 12.8 Å². The Labute approximate surface area is 456 Å². The van der Waals surface area contributed by atoms with Crippen molar-refractivity contribution in [1.82, 2.24) is 5.32 Å². The minimum Gasteiger partial charge on any atom is -0.394 e. The maximum absolute atomic E-state index is 13.4. The number of aliphatic hydroxyl groups is 11. The predicted octanol–water partition coefficient (Wildman–Crippen LogP) is 6.78. The molecular formula is C56H110NO18P. The smallest absolute Gasteiger partial charge is 0.394 e. The van der Waals surface area contributed by atoms with Gasteiger partial charge < -0.3 is 75.9 Å². The van der Waals surface area contributed by atoms with Crippen LogP contribution in [0.25, 0.3) is 0 Å². The highest BCUT2D eigenvalue weighted by molar-refractivity contribution is 7.47. The predicted molar refractivity (Wildman–Crippen MR) is 291 cm³/mol. The van der Waals surface area contributed by atoms with Gasteiger partial charge in [-0.25, -0.2) is 4.57 Å². The first-order valence-electron chi connectivity index (χ1n) is 30.2. The summed E-state index contributed by atoms with van der Waals surface area (Å²) >= 11 is 0. The van der Waals surface area contributed by atoms with Crippen LogP contribution in [0.5, 0.6) is 0 Å². The van der Waals surface area contributed by atoms with Crippen LogP contribution in [0, 0.1) is 0 Å². The number of phosphoric acid groups is 1. The summed E-state index contributed by atoms with van der Waals surface area (Å²) in [5.41, 5.74) is 0. The quantitative estimate of drug-likeness (QED) is 0.0220. The van der Waals surface area contributed by atoms with Crippen LogP contribution in [0.4, 0.5) is 0 Å². The Morgan fingerprint density at radius 1 is 0.500 bits per heavy atom. The number of carbonyl (C=O) groups is 1. The molecule has 20 heteroatoms. The SMILES string of the molecule is CCCCCCCCCCCCCCCCCCCCCCCCC(O)C(=O)NC(COP(=O)(O)OC1C(O)C(O)C(OC2OC(CO)C(O)C(O)C2O)C(O)C1O)C(O)C(O)CCCCCCCCCCCCCC. The van der Waals surface area contributed by atoms with Gasteiger partial charge in [0.1, 0.15) is 73.2 Å². The Morgan fingerprint density at radius 2 is 0.855 bits per heavy atom. The summed E-state index contributed by atoms with van der Waals surface area (Å²) in [4.78, 5) is 24.1. The lowest BCUT2D eigenvalue weighted by atomic mass is 9.84. The fourth-order valence-electron chi connectivity index (χ4n) is 10.4. The Balaban J connectivity index is 1.84. The van der Waals surface area contributed by atoms with E-state index in [1.807, 2.05) is 0 Å². The monoisotopic (exact) mass is 1120 g/mol. The van der Waals surface area contributed by atoms with E-state index < -0.39 is 119 Å². The maximum atomic E-state index is 13.4. The van der Waals surface area contributed by atoms with Gasteiger partial charge in [-0.1, -0.05) is 232 Å². The first-order chi connectivity index (χ1) is 36.5. The van der Waals surface area contributed by atoms with Crippen molar-refractivity contribution in [2.24, 2.45) is 0 Å². The summed E-state index contributed by atoms with van der Waals surface area (Å²) < 4.78 is 34.1. The van der Waals surface area contributed by atoms with Crippen LogP contribution >= 0.6 is 7.82 Å². The molecule has 1 amide bonds. The zero-order valence-corrected chi connectivity index (χ0v) is 47.7. The van der Waals surface area contributed by atoms with Gasteiger partial charge in [0.05, 0.1) is 25.4 Å². The van der Waals surface area contributed by atoms with Crippen LogP contribution in [0.1, 0.15) is 245 Å². The van der Waals surface area contributed by atoms with Gasteiger partial charge in [-0.2, -0.15) is 0 Å². The number of amides is 1. The number of rotatable bonds is 48. The van der Waals surface area contributed by atoms with Gasteiger partial charge in [-0.15, -0.1) is 0 Å². The van der Waals surface area contributed by atoms with E-state index in [9.17, 15) is 70.4 Å². The second-order valence-corrected chi connectivity index (χ2v) is 23.6. The zero-order valence-electron chi connectivity index (χ0n) is 46.8. The summed E-state index contributed by atoms with van der Waals surface area (Å²) in [7, 11) is -5.42. The molecule has 1 aliphatic carbocycles. The number of carbonyl (C=O) groups excluding carboxylic acids is 1. The zero-order chi connectivity index (χ0) is 56.1. The van der Waals surface area contributed by atoms with Crippen molar-refractivity contribution in [3.05, 3.63) is 0 Å². The fraction of sp³-hybridized carbons (Fsp3) is 0.982. The molecule has 2 fully saturated rings. The number of hydrogen-bond acceptors (Lipinski definition) is 17. The molecule has 1 heterocycles. The number of hydrogen-bond donors (Lipinski definition) is 13. The number of phosphoric ester groups is 1. The Hall–Kier alpha value is -0.940. The Morgan fingerprint density at radius 3 is 1.24 bits per heavy atom. The molecule has 1 aliphatic heterocycles. The van der Waals surface area contributed by atoms with E-state index in [1.165, 1.54) is 154 Å². The van der Waals surface area contributed by atoms with Gasteiger partial charge in [0.25, 0.3) is 0 Å². The van der Waals surface area contributed by atoms with Crippen molar-refractivity contribution in [3.63, 3.8) is 0 Å². The minimum absolute atomic E-state index is 0.112. The Kier molecular flexibility index (Phi) is 40.1. The second kappa shape index (κ2) is 42.8. The molecule has 0 spiro atoms. The highest BCUT2D eigenvalue weighted by Gasteiger charge is 2.55. The lowest BCUT2D eigenvalue weighted by Gasteiger charge is -2.46. The number of nitrogens with one attached hydrogen (secondary N) is 1. The van der Waals surface area contributed by atoms with Crippen molar-refractivity contribution < 1.29 is 88.9 Å². The van der Waals surface area contributed by atoms with Gasteiger partial charge in [0.2, 0.25) is 5.91 Å². The van der Waals surface area contributed by atoms with E-state index in [0.717, 1.165) is 51.4 Å². The Bertz CT molecular complexity index is 1440. The molecule has 0 aromatic carbocycles. The third kappa shape index (κ3) is 29.2. The fourth-order valence-corrected chi connectivity index (χ4v) is 11.3. The molecule has 0 radical (unpaired) electrons. The van der Waals surface area contributed by atoms with Gasteiger partial charge in [-0.3, -0.25) is 13.8 Å². The maximum Gasteiger partial charge on any atom is 0.472 e. The molecular weight excluding hydrogens is 1010 g/mol. The van der Waals surface area contributed by atoms with Crippen LogP contribution in [0.15, 0.2) is 0 Å². The molecule has 0 bridgehead atoms. The molecule has 2 rings (SSSR count). The van der Waals surface area contributed by atoms with Crippen molar-refractivity contribution in [2.45, 2.75) is 337 Å². The highest BCUT2D eigenvalue weighted by atomic mass is 31.2. The van der Waals surface area contributed by atoms with Crippen molar-refractivity contribution >= 4 is 13.7 Å². The molecule has 76 heavy (non-hydrogen) atoms. The average molecular weight is 1120 g/mol. The average Bonchev–Trinajstić information content (AvgIpc) is 3.40. The van der Waals surface area contributed by atoms with E-state index in [1.54, 1.807) is 0 Å². The van der Waals surface area contributed by atoms with Gasteiger partial charge in [0.15, 0.2) is 6.29 Å². The number of ether oxygens (including phenoxy) is 2. The molecule has 2 aliphatic rings. The molecule has 1 saturated carbocycles. The first-order valence-corrected chi connectivity index (χ1v) is 31.7. The summed E-state index contributed by atoms with van der Waals surface area (Å²) in [5, 5.41) is 119. The number of unbranched alkanes of at least 4 members (excludes halogenated alkanes) is 32.